The quantitative estimate of drug-likeness (QED) is 0.879. The third-order valence-electron chi connectivity index (χ3n) is 5.63. The molecule has 6 nitrogen and oxygen atoms in total. The van der Waals surface area contributed by atoms with Gasteiger partial charge in [-0.2, -0.15) is 0 Å². The highest BCUT2D eigenvalue weighted by Crippen LogP contribution is 2.39. The number of likely N-dealkylation sites (tertiary alicyclic amines) is 1. The third kappa shape index (κ3) is 3.16. The lowest BCUT2D eigenvalue weighted by Gasteiger charge is -2.44. The molecule has 0 bridgehead atoms. The van der Waals surface area contributed by atoms with E-state index in [1.807, 2.05) is 30.0 Å². The molecule has 0 aromatic heterocycles. The second-order valence-electron chi connectivity index (χ2n) is 7.35. The summed E-state index contributed by atoms with van der Waals surface area (Å²) in [5, 5.41) is 3.38. The first-order valence-corrected chi connectivity index (χ1v) is 9.26. The van der Waals surface area contributed by atoms with Crippen LogP contribution in [-0.2, 0) is 16.2 Å². The molecule has 3 aliphatic heterocycles. The molecule has 1 spiro atoms. The van der Waals surface area contributed by atoms with Crippen molar-refractivity contribution in [2.24, 2.45) is 10.4 Å². The average Bonchev–Trinajstić information content (AvgIpc) is 3.07. The van der Waals surface area contributed by atoms with E-state index in [2.05, 4.69) is 21.9 Å². The zero-order valence-electron chi connectivity index (χ0n) is 14.8. The third-order valence-corrected chi connectivity index (χ3v) is 5.63. The van der Waals surface area contributed by atoms with Crippen molar-refractivity contribution < 1.29 is 9.63 Å². The Balaban J connectivity index is 1.56. The van der Waals surface area contributed by atoms with Crippen LogP contribution >= 0.6 is 0 Å². The fraction of sp³-hybridized carbons (Fsp3) is 0.579. The van der Waals surface area contributed by atoms with Gasteiger partial charge in [-0.15, -0.1) is 5.48 Å². The summed E-state index contributed by atoms with van der Waals surface area (Å²) in [5.41, 5.74) is 4.78. The van der Waals surface area contributed by atoms with Crippen LogP contribution in [0.15, 0.2) is 29.3 Å². The van der Waals surface area contributed by atoms with Crippen molar-refractivity contribution in [3.05, 3.63) is 35.4 Å². The van der Waals surface area contributed by atoms with Crippen LogP contribution in [0.1, 0.15) is 43.7 Å². The highest BCUT2D eigenvalue weighted by atomic mass is 16.7. The summed E-state index contributed by atoms with van der Waals surface area (Å²) in [6.07, 6.45) is 3.99. The summed E-state index contributed by atoms with van der Waals surface area (Å²) in [4.78, 5) is 25.2. The molecule has 6 heteroatoms. The maximum atomic E-state index is 13.2. The molecule has 1 unspecified atom stereocenters. The van der Waals surface area contributed by atoms with Gasteiger partial charge in [0.15, 0.2) is 0 Å². The molecule has 1 atom stereocenters. The molecule has 3 aliphatic rings. The number of carbonyl (C=O) groups excluding carboxylic acids is 1. The fourth-order valence-corrected chi connectivity index (χ4v) is 4.24. The smallest absolute Gasteiger partial charge is 0.242 e. The number of piperidine rings is 2. The van der Waals surface area contributed by atoms with Crippen LogP contribution in [0.4, 0.5) is 0 Å². The number of amides is 1. The summed E-state index contributed by atoms with van der Waals surface area (Å²) in [6.45, 7) is 5.31. The Hall–Kier alpha value is -1.92. The molecule has 1 aromatic rings. The zero-order valence-corrected chi connectivity index (χ0v) is 14.8. The first-order chi connectivity index (χ1) is 12.2. The molecule has 0 saturated carbocycles. The lowest BCUT2D eigenvalue weighted by Crippen LogP contribution is -2.52. The molecule has 0 radical (unpaired) electrons. The summed E-state index contributed by atoms with van der Waals surface area (Å²) in [7, 11) is 0. The molecular weight excluding hydrogens is 316 g/mol. The molecule has 0 aliphatic carbocycles. The van der Waals surface area contributed by atoms with Crippen LogP contribution in [0.25, 0.3) is 0 Å². The maximum absolute atomic E-state index is 13.2. The van der Waals surface area contributed by atoms with Crippen LogP contribution in [-0.4, -0.2) is 42.5 Å². The fourth-order valence-electron chi connectivity index (χ4n) is 4.24. The number of rotatable bonds is 3. The van der Waals surface area contributed by atoms with E-state index in [1.54, 1.807) is 0 Å². The van der Waals surface area contributed by atoms with Crippen molar-refractivity contribution in [3.63, 3.8) is 0 Å². The van der Waals surface area contributed by atoms with Crippen molar-refractivity contribution in [2.75, 3.05) is 19.6 Å². The van der Waals surface area contributed by atoms with Crippen molar-refractivity contribution in [1.29, 1.82) is 0 Å². The number of benzene rings is 1. The molecule has 1 aromatic carbocycles. The Morgan fingerprint density at radius 1 is 1.28 bits per heavy atom. The van der Waals surface area contributed by atoms with Crippen molar-refractivity contribution in [1.82, 2.24) is 15.7 Å². The highest BCUT2D eigenvalue weighted by molar-refractivity contribution is 5.96. The minimum Gasteiger partial charge on any atom is -0.386 e. The topological polar surface area (TPSA) is 66.0 Å². The number of hydroxylamine groups is 1. The van der Waals surface area contributed by atoms with Gasteiger partial charge in [0, 0.05) is 18.7 Å². The Kier molecular flexibility index (Phi) is 4.48. The van der Waals surface area contributed by atoms with E-state index >= 15 is 0 Å². The molecule has 2 fully saturated rings. The predicted octanol–water partition coefficient (Wildman–Crippen LogP) is 1.81. The Labute approximate surface area is 148 Å². The zero-order chi connectivity index (χ0) is 17.3. The van der Waals surface area contributed by atoms with Gasteiger partial charge in [0.25, 0.3) is 0 Å². The number of hydrogen-bond donors (Lipinski definition) is 2. The summed E-state index contributed by atoms with van der Waals surface area (Å²) >= 11 is 0. The van der Waals surface area contributed by atoms with Crippen LogP contribution < -0.4 is 10.8 Å². The van der Waals surface area contributed by atoms with E-state index in [-0.39, 0.29) is 11.6 Å². The Bertz CT molecular complexity index is 676. The largest absolute Gasteiger partial charge is 0.386 e. The van der Waals surface area contributed by atoms with E-state index in [4.69, 9.17) is 4.84 Å². The minimum atomic E-state index is -0.143. The van der Waals surface area contributed by atoms with E-state index in [0.29, 0.717) is 18.3 Å². The molecule has 2 saturated heterocycles. The van der Waals surface area contributed by atoms with Gasteiger partial charge in [-0.3, -0.25) is 4.79 Å². The summed E-state index contributed by atoms with van der Waals surface area (Å²) < 4.78 is 0. The van der Waals surface area contributed by atoms with E-state index in [9.17, 15) is 4.79 Å². The van der Waals surface area contributed by atoms with Gasteiger partial charge >= 0.3 is 0 Å². The highest BCUT2D eigenvalue weighted by Gasteiger charge is 2.44. The van der Waals surface area contributed by atoms with Crippen molar-refractivity contribution in [3.8, 4) is 0 Å². The van der Waals surface area contributed by atoms with Crippen molar-refractivity contribution >= 4 is 11.8 Å². The number of nitrogens with one attached hydrogen (secondary N) is 2. The second kappa shape index (κ2) is 6.77. The number of carbonyl (C=O) groups is 1. The van der Waals surface area contributed by atoms with Gasteiger partial charge in [-0.05, 0) is 57.3 Å². The Morgan fingerprint density at radius 3 is 2.84 bits per heavy atom. The van der Waals surface area contributed by atoms with Crippen LogP contribution in [0.2, 0.25) is 0 Å². The maximum Gasteiger partial charge on any atom is 0.242 e. The van der Waals surface area contributed by atoms with E-state index in [1.165, 1.54) is 0 Å². The molecule has 3 heterocycles. The second-order valence-corrected chi connectivity index (χ2v) is 7.35. The summed E-state index contributed by atoms with van der Waals surface area (Å²) in [6, 6.07) is 8.09. The van der Waals surface area contributed by atoms with Gasteiger partial charge in [-0.1, -0.05) is 18.2 Å². The van der Waals surface area contributed by atoms with Crippen molar-refractivity contribution in [2.45, 2.75) is 45.3 Å². The molecule has 25 heavy (non-hydrogen) atoms. The van der Waals surface area contributed by atoms with Crippen LogP contribution in [0, 0.1) is 5.41 Å². The first kappa shape index (κ1) is 16.5. The van der Waals surface area contributed by atoms with Gasteiger partial charge in [0.05, 0.1) is 5.41 Å². The minimum absolute atomic E-state index is 0.0438. The van der Waals surface area contributed by atoms with Gasteiger partial charge < -0.3 is 15.1 Å². The normalized spacial score (nSPS) is 25.8. The monoisotopic (exact) mass is 342 g/mol. The van der Waals surface area contributed by atoms with Gasteiger partial charge in [0.1, 0.15) is 6.17 Å². The molecule has 4 rings (SSSR count). The molecule has 1 amide bonds. The van der Waals surface area contributed by atoms with Crippen LogP contribution in [0.3, 0.4) is 0 Å². The lowest BCUT2D eigenvalue weighted by atomic mass is 9.72. The predicted molar refractivity (Wildman–Crippen MR) is 95.8 cm³/mol. The Morgan fingerprint density at radius 2 is 2.08 bits per heavy atom. The van der Waals surface area contributed by atoms with E-state index < -0.39 is 0 Å². The number of nitrogens with zero attached hydrogens (tertiary/aromatic N) is 2. The molecule has 134 valence electrons. The SMILES string of the molecule is CC1N=C(c2ccccc2CN2CCCC3(CCNCC3)C2=O)ON1. The standard InChI is InChI=1S/C19H26N4O2/c1-14-21-17(25-22-14)16-6-3-2-5-15(16)13-23-12-4-7-19(18(23)24)8-10-20-11-9-19/h2-3,5-6,14,20,22H,4,7-13H2,1H3. The van der Waals surface area contributed by atoms with Gasteiger partial charge in [-0.25, -0.2) is 4.99 Å². The van der Waals surface area contributed by atoms with Gasteiger partial charge in [0.2, 0.25) is 11.8 Å². The average molecular weight is 342 g/mol. The lowest BCUT2D eigenvalue weighted by molar-refractivity contribution is -0.149. The first-order valence-electron chi connectivity index (χ1n) is 9.26. The number of aliphatic imine (C=N–C) groups is 1. The summed E-state index contributed by atoms with van der Waals surface area (Å²) in [5.74, 6) is 0.944. The molecular formula is C19H26N4O2. The molecule has 2 N–H and O–H groups in total. The van der Waals surface area contributed by atoms with E-state index in [0.717, 1.165) is 56.4 Å². The number of hydrogen-bond acceptors (Lipinski definition) is 5. The van der Waals surface area contributed by atoms with Crippen LogP contribution in [0.5, 0.6) is 0 Å².